The highest BCUT2D eigenvalue weighted by atomic mass is 16.6. The number of aromatic nitrogens is 2. The molecule has 0 radical (unpaired) electrons. The number of hydrogen-bond acceptors (Lipinski definition) is 5. The van der Waals surface area contributed by atoms with E-state index >= 15 is 0 Å². The molecule has 1 aromatic carbocycles. The SMILES string of the molecule is CC1CC(CN)CN1C(=O)c1ccc(-n2ccnc2)c([N+](=O)[O-])c1. The molecule has 8 nitrogen and oxygen atoms in total. The molecule has 1 fully saturated rings. The fourth-order valence-electron chi connectivity index (χ4n) is 3.18. The summed E-state index contributed by atoms with van der Waals surface area (Å²) in [5.41, 5.74) is 6.27. The second-order valence-electron chi connectivity index (χ2n) is 6.07. The van der Waals surface area contributed by atoms with Gasteiger partial charge in [0.25, 0.3) is 11.6 Å². The van der Waals surface area contributed by atoms with Crippen LogP contribution < -0.4 is 5.73 Å². The van der Waals surface area contributed by atoms with E-state index in [0.29, 0.717) is 24.3 Å². The number of nitro benzene ring substituents is 1. The van der Waals surface area contributed by atoms with Crippen molar-refractivity contribution in [1.29, 1.82) is 0 Å². The lowest BCUT2D eigenvalue weighted by atomic mass is 10.1. The van der Waals surface area contributed by atoms with Crippen LogP contribution in [0.1, 0.15) is 23.7 Å². The fraction of sp³-hybridized carbons (Fsp3) is 0.375. The summed E-state index contributed by atoms with van der Waals surface area (Å²) in [4.78, 5) is 29.3. The Kier molecular flexibility index (Phi) is 4.30. The number of carbonyl (C=O) groups excluding carboxylic acids is 1. The van der Waals surface area contributed by atoms with E-state index in [-0.39, 0.29) is 23.6 Å². The molecule has 0 saturated carbocycles. The van der Waals surface area contributed by atoms with E-state index in [1.54, 1.807) is 34.0 Å². The van der Waals surface area contributed by atoms with Crippen molar-refractivity contribution in [2.75, 3.05) is 13.1 Å². The van der Waals surface area contributed by atoms with E-state index in [4.69, 9.17) is 5.73 Å². The Morgan fingerprint density at radius 1 is 1.50 bits per heavy atom. The predicted molar refractivity (Wildman–Crippen MR) is 87.9 cm³/mol. The maximum Gasteiger partial charge on any atom is 0.294 e. The van der Waals surface area contributed by atoms with Gasteiger partial charge in [0.2, 0.25) is 0 Å². The molecule has 8 heteroatoms. The first-order valence-electron chi connectivity index (χ1n) is 7.79. The zero-order valence-electron chi connectivity index (χ0n) is 13.3. The van der Waals surface area contributed by atoms with Crippen molar-refractivity contribution in [2.24, 2.45) is 11.7 Å². The van der Waals surface area contributed by atoms with Crippen molar-refractivity contribution in [3.8, 4) is 5.69 Å². The fourth-order valence-corrected chi connectivity index (χ4v) is 3.18. The van der Waals surface area contributed by atoms with Crippen molar-refractivity contribution in [3.63, 3.8) is 0 Å². The summed E-state index contributed by atoms with van der Waals surface area (Å²) in [6, 6.07) is 4.61. The van der Waals surface area contributed by atoms with Gasteiger partial charge in [-0.15, -0.1) is 0 Å². The third kappa shape index (κ3) is 2.88. The van der Waals surface area contributed by atoms with E-state index in [1.165, 1.54) is 12.4 Å². The molecule has 2 aromatic rings. The van der Waals surface area contributed by atoms with Gasteiger partial charge in [-0.2, -0.15) is 0 Å². The molecule has 0 aliphatic carbocycles. The molecule has 1 saturated heterocycles. The molecule has 0 spiro atoms. The highest BCUT2D eigenvalue weighted by molar-refractivity contribution is 5.95. The van der Waals surface area contributed by atoms with Crippen molar-refractivity contribution in [3.05, 3.63) is 52.6 Å². The van der Waals surface area contributed by atoms with Crippen LogP contribution >= 0.6 is 0 Å². The highest BCUT2D eigenvalue weighted by Crippen LogP contribution is 2.28. The summed E-state index contributed by atoms with van der Waals surface area (Å²) in [6.07, 6.45) is 5.51. The molecule has 3 rings (SSSR count). The number of benzene rings is 1. The number of rotatable bonds is 4. The summed E-state index contributed by atoms with van der Waals surface area (Å²) >= 11 is 0. The van der Waals surface area contributed by atoms with E-state index < -0.39 is 4.92 Å². The molecule has 2 atom stereocenters. The number of amides is 1. The van der Waals surface area contributed by atoms with Gasteiger partial charge in [0, 0.05) is 36.6 Å². The lowest BCUT2D eigenvalue weighted by Gasteiger charge is -2.21. The van der Waals surface area contributed by atoms with Crippen molar-refractivity contribution in [1.82, 2.24) is 14.5 Å². The number of nitrogens with zero attached hydrogens (tertiary/aromatic N) is 4. The van der Waals surface area contributed by atoms with Crippen molar-refractivity contribution < 1.29 is 9.72 Å². The molecular formula is C16H19N5O3. The van der Waals surface area contributed by atoms with Gasteiger partial charge in [0.1, 0.15) is 5.69 Å². The molecule has 24 heavy (non-hydrogen) atoms. The first-order valence-corrected chi connectivity index (χ1v) is 7.79. The molecule has 1 aliphatic rings. The van der Waals surface area contributed by atoms with Crippen LogP contribution in [0.5, 0.6) is 0 Å². The Balaban J connectivity index is 1.93. The Morgan fingerprint density at radius 2 is 2.29 bits per heavy atom. The quantitative estimate of drug-likeness (QED) is 0.677. The van der Waals surface area contributed by atoms with Gasteiger partial charge in [-0.25, -0.2) is 4.98 Å². The Hall–Kier alpha value is -2.74. The molecular weight excluding hydrogens is 310 g/mol. The molecule has 1 aromatic heterocycles. The highest BCUT2D eigenvalue weighted by Gasteiger charge is 2.33. The Bertz CT molecular complexity index is 759. The van der Waals surface area contributed by atoms with Gasteiger partial charge in [-0.05, 0) is 37.9 Å². The lowest BCUT2D eigenvalue weighted by Crippen LogP contribution is -2.34. The maximum atomic E-state index is 12.7. The zero-order valence-corrected chi connectivity index (χ0v) is 13.3. The summed E-state index contributed by atoms with van der Waals surface area (Å²) in [6.45, 7) is 3.10. The van der Waals surface area contributed by atoms with Crippen LogP contribution in [0.3, 0.4) is 0 Å². The van der Waals surface area contributed by atoms with Crippen LogP contribution in [0.15, 0.2) is 36.9 Å². The second kappa shape index (κ2) is 6.40. The zero-order chi connectivity index (χ0) is 17.3. The summed E-state index contributed by atoms with van der Waals surface area (Å²) in [5, 5.41) is 11.4. The van der Waals surface area contributed by atoms with Gasteiger partial charge in [0.05, 0.1) is 11.3 Å². The first-order chi connectivity index (χ1) is 11.5. The maximum absolute atomic E-state index is 12.7. The van der Waals surface area contributed by atoms with Gasteiger partial charge in [-0.1, -0.05) is 0 Å². The van der Waals surface area contributed by atoms with E-state index in [9.17, 15) is 14.9 Å². The smallest absolute Gasteiger partial charge is 0.294 e. The molecule has 2 unspecified atom stereocenters. The summed E-state index contributed by atoms with van der Waals surface area (Å²) < 4.78 is 1.55. The monoisotopic (exact) mass is 329 g/mol. The molecule has 1 amide bonds. The summed E-state index contributed by atoms with van der Waals surface area (Å²) in [5.74, 6) is 0.0860. The number of likely N-dealkylation sites (tertiary alicyclic amines) is 1. The second-order valence-corrected chi connectivity index (χ2v) is 6.07. The van der Waals surface area contributed by atoms with Crippen molar-refractivity contribution in [2.45, 2.75) is 19.4 Å². The number of nitrogens with two attached hydrogens (primary N) is 1. The topological polar surface area (TPSA) is 107 Å². The molecule has 0 bridgehead atoms. The minimum absolute atomic E-state index is 0.0819. The number of hydrogen-bond donors (Lipinski definition) is 1. The van der Waals surface area contributed by atoms with Crippen LogP contribution in [0.25, 0.3) is 5.69 Å². The largest absolute Gasteiger partial charge is 0.336 e. The average molecular weight is 329 g/mol. The van der Waals surface area contributed by atoms with Crippen LogP contribution in [-0.4, -0.2) is 44.4 Å². The first kappa shape index (κ1) is 16.1. The van der Waals surface area contributed by atoms with Crippen LogP contribution in [-0.2, 0) is 0 Å². The number of nitro groups is 1. The van der Waals surface area contributed by atoms with Crippen LogP contribution in [0.4, 0.5) is 5.69 Å². The lowest BCUT2D eigenvalue weighted by molar-refractivity contribution is -0.384. The minimum Gasteiger partial charge on any atom is -0.336 e. The van der Waals surface area contributed by atoms with Gasteiger partial charge >= 0.3 is 0 Å². The van der Waals surface area contributed by atoms with E-state index in [2.05, 4.69) is 4.98 Å². The summed E-state index contributed by atoms with van der Waals surface area (Å²) in [7, 11) is 0. The van der Waals surface area contributed by atoms with Gasteiger partial charge in [-0.3, -0.25) is 14.9 Å². The molecule has 2 heterocycles. The predicted octanol–water partition coefficient (Wildman–Crippen LogP) is 1.59. The molecule has 126 valence electrons. The number of carbonyl (C=O) groups is 1. The normalized spacial score (nSPS) is 20.3. The Labute approximate surface area is 139 Å². The third-order valence-electron chi connectivity index (χ3n) is 4.46. The molecule has 1 aliphatic heterocycles. The van der Waals surface area contributed by atoms with Gasteiger partial charge < -0.3 is 15.2 Å². The average Bonchev–Trinajstić information content (AvgIpc) is 3.23. The van der Waals surface area contributed by atoms with Crippen LogP contribution in [0.2, 0.25) is 0 Å². The number of imidazole rings is 1. The van der Waals surface area contributed by atoms with E-state index in [0.717, 1.165) is 6.42 Å². The minimum atomic E-state index is -0.484. The van der Waals surface area contributed by atoms with Crippen LogP contribution in [0, 0.1) is 16.0 Å². The van der Waals surface area contributed by atoms with Gasteiger partial charge in [0.15, 0.2) is 0 Å². The standard InChI is InChI=1S/C16H19N5O3/c1-11-6-12(8-17)9-20(11)16(22)13-2-3-14(15(7-13)21(23)24)19-5-4-18-10-19/h2-5,7,10-12H,6,8-9,17H2,1H3. The third-order valence-corrected chi connectivity index (χ3v) is 4.46. The van der Waals surface area contributed by atoms with E-state index in [1.807, 2.05) is 6.92 Å². The Morgan fingerprint density at radius 3 is 2.88 bits per heavy atom. The van der Waals surface area contributed by atoms with Crippen molar-refractivity contribution >= 4 is 11.6 Å². The molecule has 2 N–H and O–H groups in total.